The van der Waals surface area contributed by atoms with Gasteiger partial charge in [0.1, 0.15) is 0 Å². The van der Waals surface area contributed by atoms with Crippen LogP contribution >= 0.6 is 11.6 Å². The SMILES string of the molecule is CCC(O)CCNc1nc(Cl)nc(N2CCOCC2)n1. The van der Waals surface area contributed by atoms with Gasteiger partial charge in [0.15, 0.2) is 0 Å². The van der Waals surface area contributed by atoms with Gasteiger partial charge in [-0.1, -0.05) is 6.92 Å². The Labute approximate surface area is 123 Å². The maximum absolute atomic E-state index is 9.51. The molecule has 1 aliphatic rings. The van der Waals surface area contributed by atoms with Crippen LogP contribution in [-0.2, 0) is 4.74 Å². The minimum Gasteiger partial charge on any atom is -0.393 e. The summed E-state index contributed by atoms with van der Waals surface area (Å²) in [5.41, 5.74) is 0. The lowest BCUT2D eigenvalue weighted by molar-refractivity contribution is 0.122. The first-order valence-electron chi connectivity index (χ1n) is 6.85. The van der Waals surface area contributed by atoms with Gasteiger partial charge in [0.25, 0.3) is 0 Å². The molecule has 0 saturated carbocycles. The molecule has 1 saturated heterocycles. The van der Waals surface area contributed by atoms with Gasteiger partial charge < -0.3 is 20.1 Å². The zero-order valence-corrected chi connectivity index (χ0v) is 12.3. The van der Waals surface area contributed by atoms with Crippen LogP contribution in [0.5, 0.6) is 0 Å². The number of anilines is 2. The van der Waals surface area contributed by atoms with Gasteiger partial charge in [0, 0.05) is 19.6 Å². The molecule has 0 aromatic carbocycles. The predicted molar refractivity (Wildman–Crippen MR) is 77.3 cm³/mol. The molecule has 0 radical (unpaired) electrons. The molecule has 2 heterocycles. The van der Waals surface area contributed by atoms with Crippen LogP contribution < -0.4 is 10.2 Å². The highest BCUT2D eigenvalue weighted by Crippen LogP contribution is 2.15. The Morgan fingerprint density at radius 2 is 2.10 bits per heavy atom. The molecular formula is C12H20ClN5O2. The summed E-state index contributed by atoms with van der Waals surface area (Å²) in [4.78, 5) is 14.6. The normalized spacial score (nSPS) is 17.1. The van der Waals surface area contributed by atoms with Gasteiger partial charge in [-0.2, -0.15) is 15.0 Å². The van der Waals surface area contributed by atoms with Crippen molar-refractivity contribution in [3.05, 3.63) is 5.28 Å². The number of hydrogen-bond donors (Lipinski definition) is 2. The highest BCUT2D eigenvalue weighted by atomic mass is 35.5. The van der Waals surface area contributed by atoms with Crippen LogP contribution in [0.4, 0.5) is 11.9 Å². The molecule has 8 heteroatoms. The van der Waals surface area contributed by atoms with Crippen LogP contribution in [0, 0.1) is 0 Å². The second-order valence-electron chi connectivity index (χ2n) is 4.60. The minimum absolute atomic E-state index is 0.167. The summed E-state index contributed by atoms with van der Waals surface area (Å²) < 4.78 is 5.30. The number of nitrogens with zero attached hydrogens (tertiary/aromatic N) is 4. The van der Waals surface area contributed by atoms with Gasteiger partial charge in [0.2, 0.25) is 17.2 Å². The Hall–Kier alpha value is -1.18. The van der Waals surface area contributed by atoms with E-state index in [1.165, 1.54) is 0 Å². The standard InChI is InChI=1S/C12H20ClN5O2/c1-2-9(19)3-4-14-11-15-10(13)16-12(17-11)18-5-7-20-8-6-18/h9,19H,2-8H2,1H3,(H,14,15,16,17). The number of aromatic nitrogens is 3. The average molecular weight is 302 g/mol. The van der Waals surface area contributed by atoms with E-state index < -0.39 is 0 Å². The van der Waals surface area contributed by atoms with Crippen molar-refractivity contribution in [1.82, 2.24) is 15.0 Å². The van der Waals surface area contributed by atoms with Gasteiger partial charge in [-0.25, -0.2) is 0 Å². The monoisotopic (exact) mass is 301 g/mol. The van der Waals surface area contributed by atoms with Gasteiger partial charge in [-0.3, -0.25) is 0 Å². The highest BCUT2D eigenvalue weighted by molar-refractivity contribution is 6.28. The lowest BCUT2D eigenvalue weighted by atomic mass is 10.2. The second-order valence-corrected chi connectivity index (χ2v) is 4.94. The molecule has 0 aliphatic carbocycles. The summed E-state index contributed by atoms with van der Waals surface area (Å²) >= 11 is 5.93. The van der Waals surface area contributed by atoms with E-state index >= 15 is 0 Å². The van der Waals surface area contributed by atoms with E-state index in [-0.39, 0.29) is 11.4 Å². The quantitative estimate of drug-likeness (QED) is 0.809. The number of aliphatic hydroxyl groups excluding tert-OH is 1. The van der Waals surface area contributed by atoms with Crippen molar-refractivity contribution in [2.45, 2.75) is 25.9 Å². The van der Waals surface area contributed by atoms with Crippen molar-refractivity contribution in [3.63, 3.8) is 0 Å². The zero-order valence-electron chi connectivity index (χ0n) is 11.5. The number of rotatable bonds is 6. The largest absolute Gasteiger partial charge is 0.393 e. The first kappa shape index (κ1) is 15.2. The van der Waals surface area contributed by atoms with Gasteiger partial charge >= 0.3 is 0 Å². The smallest absolute Gasteiger partial charge is 0.231 e. The number of hydrogen-bond acceptors (Lipinski definition) is 7. The molecular weight excluding hydrogens is 282 g/mol. The third-order valence-electron chi connectivity index (χ3n) is 3.12. The summed E-state index contributed by atoms with van der Waals surface area (Å²) in [5.74, 6) is 1.00. The lowest BCUT2D eigenvalue weighted by Crippen LogP contribution is -2.37. The molecule has 20 heavy (non-hydrogen) atoms. The van der Waals surface area contributed by atoms with Gasteiger partial charge in [0.05, 0.1) is 19.3 Å². The van der Waals surface area contributed by atoms with Gasteiger partial charge in [-0.05, 0) is 24.4 Å². The molecule has 0 bridgehead atoms. The third-order valence-corrected chi connectivity index (χ3v) is 3.29. The summed E-state index contributed by atoms with van der Waals surface area (Å²) in [6.07, 6.45) is 1.07. The van der Waals surface area contributed by atoms with Crippen molar-refractivity contribution in [2.24, 2.45) is 0 Å². The van der Waals surface area contributed by atoms with Crippen molar-refractivity contribution in [2.75, 3.05) is 43.1 Å². The zero-order chi connectivity index (χ0) is 14.4. The number of nitrogens with one attached hydrogen (secondary N) is 1. The van der Waals surface area contributed by atoms with E-state index in [0.717, 1.165) is 19.5 Å². The fraction of sp³-hybridized carbons (Fsp3) is 0.750. The molecule has 1 unspecified atom stereocenters. The number of morpholine rings is 1. The summed E-state index contributed by atoms with van der Waals surface area (Å²) in [6.45, 7) is 5.35. The summed E-state index contributed by atoms with van der Waals surface area (Å²) in [5, 5.41) is 12.7. The Kier molecular flexibility index (Phi) is 5.75. The van der Waals surface area contributed by atoms with Crippen molar-refractivity contribution < 1.29 is 9.84 Å². The van der Waals surface area contributed by atoms with Crippen molar-refractivity contribution in [3.8, 4) is 0 Å². The Bertz CT molecular complexity index is 428. The number of ether oxygens (including phenoxy) is 1. The van der Waals surface area contributed by atoms with Crippen LogP contribution in [0.15, 0.2) is 0 Å². The molecule has 7 nitrogen and oxygen atoms in total. The lowest BCUT2D eigenvalue weighted by Gasteiger charge is -2.26. The van der Waals surface area contributed by atoms with Crippen LogP contribution in [-0.4, -0.2) is 59.0 Å². The van der Waals surface area contributed by atoms with E-state index in [0.29, 0.717) is 38.1 Å². The fourth-order valence-corrected chi connectivity index (χ4v) is 2.03. The maximum Gasteiger partial charge on any atom is 0.231 e. The third kappa shape index (κ3) is 4.43. The second kappa shape index (κ2) is 7.56. The minimum atomic E-state index is -0.307. The highest BCUT2D eigenvalue weighted by Gasteiger charge is 2.16. The molecule has 2 rings (SSSR count). The van der Waals surface area contributed by atoms with Crippen LogP contribution in [0.2, 0.25) is 5.28 Å². The van der Waals surface area contributed by atoms with Crippen LogP contribution in [0.1, 0.15) is 19.8 Å². The van der Waals surface area contributed by atoms with Crippen molar-refractivity contribution in [1.29, 1.82) is 0 Å². The van der Waals surface area contributed by atoms with E-state index in [9.17, 15) is 5.11 Å². The van der Waals surface area contributed by atoms with Crippen molar-refractivity contribution >= 4 is 23.5 Å². The first-order valence-corrected chi connectivity index (χ1v) is 7.23. The Morgan fingerprint density at radius 1 is 1.35 bits per heavy atom. The number of aliphatic hydroxyl groups is 1. The molecule has 112 valence electrons. The van der Waals surface area contributed by atoms with Crippen LogP contribution in [0.3, 0.4) is 0 Å². The van der Waals surface area contributed by atoms with E-state index in [1.807, 2.05) is 11.8 Å². The molecule has 1 aromatic rings. The average Bonchev–Trinajstić information content (AvgIpc) is 2.47. The summed E-state index contributed by atoms with van der Waals surface area (Å²) in [6, 6.07) is 0. The Balaban J connectivity index is 1.97. The maximum atomic E-state index is 9.51. The molecule has 1 aromatic heterocycles. The van der Waals surface area contributed by atoms with E-state index in [2.05, 4.69) is 20.3 Å². The first-order chi connectivity index (χ1) is 9.69. The molecule has 1 aliphatic heterocycles. The molecule has 1 fully saturated rings. The van der Waals surface area contributed by atoms with E-state index in [1.54, 1.807) is 0 Å². The molecule has 0 spiro atoms. The topological polar surface area (TPSA) is 83.4 Å². The molecule has 0 amide bonds. The Morgan fingerprint density at radius 3 is 2.80 bits per heavy atom. The molecule has 2 N–H and O–H groups in total. The molecule has 1 atom stereocenters. The number of halogens is 1. The van der Waals surface area contributed by atoms with Gasteiger partial charge in [-0.15, -0.1) is 0 Å². The van der Waals surface area contributed by atoms with E-state index in [4.69, 9.17) is 16.3 Å². The fourth-order valence-electron chi connectivity index (χ4n) is 1.88. The summed E-state index contributed by atoms with van der Waals surface area (Å²) in [7, 11) is 0. The predicted octanol–water partition coefficient (Wildman–Crippen LogP) is 0.934. The van der Waals surface area contributed by atoms with Crippen LogP contribution in [0.25, 0.3) is 0 Å².